The maximum atomic E-state index is 6.22. The normalized spacial score (nSPS) is 19.2. The van der Waals surface area contributed by atoms with Gasteiger partial charge in [-0.15, -0.1) is 0 Å². The molecule has 0 saturated heterocycles. The minimum Gasteiger partial charge on any atom is -0.456 e. The quantitative estimate of drug-likeness (QED) is 0.176. The molecule has 46 heavy (non-hydrogen) atoms. The summed E-state index contributed by atoms with van der Waals surface area (Å²) >= 11 is 0. The summed E-state index contributed by atoms with van der Waals surface area (Å²) < 4.78 is 13.3. The zero-order chi connectivity index (χ0) is 31.6. The van der Waals surface area contributed by atoms with Crippen LogP contribution in [0.3, 0.4) is 0 Å². The van der Waals surface area contributed by atoms with Gasteiger partial charge in [-0.1, -0.05) is 32.0 Å². The molecule has 8 nitrogen and oxygen atoms in total. The molecule has 7 aromatic rings. The van der Waals surface area contributed by atoms with Crippen molar-refractivity contribution in [1.82, 2.24) is 24.7 Å². The molecule has 5 aromatic heterocycles. The third-order valence-corrected chi connectivity index (χ3v) is 10.6. The highest BCUT2D eigenvalue weighted by Gasteiger charge is 2.60. The Balaban J connectivity index is 1.24. The third-order valence-electron chi connectivity index (χ3n) is 10.6. The van der Waals surface area contributed by atoms with Gasteiger partial charge in [0.25, 0.3) is 5.69 Å². The number of para-hydroxylation sites is 1. The standard InChI is InChI=1S/C38H39N7O/c1-6-37(5)38(7-2,44-22-11-10-14-32(44)36-41-26(4)42-45(36)37)18-12-21-43-31(17-16-30-35(43)40-20-19-39-30)28-24-29-27-13-8-9-15-33(27)46-34(29)23-25(28)3/h8-11,13-17,19-20,22-24H,6-7,12,18,21H2,1-5H3/q+2. The number of furan rings is 1. The smallest absolute Gasteiger partial charge is 0.349 e. The summed E-state index contributed by atoms with van der Waals surface area (Å²) in [6, 6.07) is 23.5. The topological polar surface area (TPSA) is 77.4 Å². The van der Waals surface area contributed by atoms with E-state index in [1.807, 2.05) is 19.1 Å². The average Bonchev–Trinajstić information content (AvgIpc) is 3.66. The zero-order valence-electron chi connectivity index (χ0n) is 27.2. The van der Waals surface area contributed by atoms with Gasteiger partial charge >= 0.3 is 5.65 Å². The van der Waals surface area contributed by atoms with Crippen LogP contribution in [0, 0.1) is 13.8 Å². The van der Waals surface area contributed by atoms with Gasteiger partial charge in [0, 0.05) is 41.3 Å². The number of hydrogen-bond donors (Lipinski definition) is 0. The number of nitrogens with zero attached hydrogens (tertiary/aromatic N) is 7. The molecule has 0 spiro atoms. The van der Waals surface area contributed by atoms with Gasteiger partial charge in [0.2, 0.25) is 5.82 Å². The van der Waals surface area contributed by atoms with E-state index in [0.717, 1.165) is 93.9 Å². The van der Waals surface area contributed by atoms with E-state index in [-0.39, 0.29) is 11.1 Å². The van der Waals surface area contributed by atoms with Gasteiger partial charge < -0.3 is 4.42 Å². The zero-order valence-corrected chi connectivity index (χ0v) is 27.2. The van der Waals surface area contributed by atoms with Crippen molar-refractivity contribution in [3.05, 3.63) is 96.7 Å². The van der Waals surface area contributed by atoms with Gasteiger partial charge in [-0.05, 0) is 80.6 Å². The van der Waals surface area contributed by atoms with Gasteiger partial charge in [-0.25, -0.2) is 19.2 Å². The Hall–Kier alpha value is -4.98. The molecule has 2 atom stereocenters. The van der Waals surface area contributed by atoms with Crippen molar-refractivity contribution in [3.63, 3.8) is 0 Å². The molecule has 0 radical (unpaired) electrons. The summed E-state index contributed by atoms with van der Waals surface area (Å²) in [5.74, 6) is 1.76. The Morgan fingerprint density at radius 2 is 1.67 bits per heavy atom. The molecule has 6 heterocycles. The van der Waals surface area contributed by atoms with Crippen LogP contribution in [0.4, 0.5) is 0 Å². The second kappa shape index (κ2) is 10.5. The summed E-state index contributed by atoms with van der Waals surface area (Å²) in [5, 5.41) is 7.25. The maximum absolute atomic E-state index is 6.22. The van der Waals surface area contributed by atoms with Gasteiger partial charge in [0.05, 0.1) is 12.7 Å². The van der Waals surface area contributed by atoms with E-state index in [9.17, 15) is 0 Å². The lowest BCUT2D eigenvalue weighted by molar-refractivity contribution is -0.776. The molecule has 0 N–H and O–H groups in total. The monoisotopic (exact) mass is 609 g/mol. The fourth-order valence-electron chi connectivity index (χ4n) is 8.15. The van der Waals surface area contributed by atoms with E-state index in [2.05, 4.69) is 107 Å². The first-order chi connectivity index (χ1) is 22.4. The Morgan fingerprint density at radius 1 is 0.848 bits per heavy atom. The van der Waals surface area contributed by atoms with Crippen LogP contribution in [0.2, 0.25) is 0 Å². The predicted molar refractivity (Wildman–Crippen MR) is 179 cm³/mol. The molecule has 2 aromatic carbocycles. The van der Waals surface area contributed by atoms with Crippen molar-refractivity contribution < 1.29 is 13.6 Å². The van der Waals surface area contributed by atoms with Crippen LogP contribution in [0.5, 0.6) is 0 Å². The van der Waals surface area contributed by atoms with Crippen molar-refractivity contribution in [2.45, 2.75) is 77.9 Å². The molecule has 0 saturated carbocycles. The number of aromatic nitrogens is 7. The molecular weight excluding hydrogens is 570 g/mol. The van der Waals surface area contributed by atoms with Gasteiger partial charge in [0.15, 0.2) is 23.4 Å². The van der Waals surface area contributed by atoms with Crippen LogP contribution < -0.4 is 9.13 Å². The first-order valence-electron chi connectivity index (χ1n) is 16.4. The van der Waals surface area contributed by atoms with E-state index >= 15 is 0 Å². The number of rotatable bonds is 7. The van der Waals surface area contributed by atoms with Crippen LogP contribution in [0.1, 0.15) is 57.8 Å². The lowest BCUT2D eigenvalue weighted by atomic mass is 9.69. The molecule has 0 fully saturated rings. The molecule has 8 heteroatoms. The number of pyridine rings is 2. The average molecular weight is 610 g/mol. The van der Waals surface area contributed by atoms with Crippen molar-refractivity contribution in [1.29, 1.82) is 0 Å². The number of hydrogen-bond acceptors (Lipinski definition) is 5. The molecule has 0 aliphatic carbocycles. The van der Waals surface area contributed by atoms with E-state index in [1.54, 1.807) is 12.4 Å². The van der Waals surface area contributed by atoms with E-state index in [1.165, 1.54) is 5.56 Å². The van der Waals surface area contributed by atoms with Crippen molar-refractivity contribution in [2.24, 2.45) is 0 Å². The second-order valence-corrected chi connectivity index (χ2v) is 12.9. The van der Waals surface area contributed by atoms with Crippen LogP contribution in [-0.4, -0.2) is 24.7 Å². The molecule has 2 unspecified atom stereocenters. The van der Waals surface area contributed by atoms with Crippen LogP contribution >= 0.6 is 0 Å². The van der Waals surface area contributed by atoms with E-state index in [4.69, 9.17) is 19.5 Å². The molecule has 0 bridgehead atoms. The van der Waals surface area contributed by atoms with Crippen LogP contribution in [0.25, 0.3) is 55.9 Å². The highest BCUT2D eigenvalue weighted by molar-refractivity contribution is 6.06. The SMILES string of the molecule is CCC1(C)n2nc(C)nc2-c2cccc[n+]2C1(CC)CCC[n+]1c(-c2cc3c(cc2C)oc2ccccc23)ccc2nccnc21. The Labute approximate surface area is 268 Å². The minimum absolute atomic E-state index is 0.201. The van der Waals surface area contributed by atoms with Crippen molar-refractivity contribution in [3.8, 4) is 22.8 Å². The number of benzene rings is 2. The summed E-state index contributed by atoms with van der Waals surface area (Å²) in [5.41, 5.74) is 7.74. The van der Waals surface area contributed by atoms with Gasteiger partial charge in [0.1, 0.15) is 28.2 Å². The lowest BCUT2D eigenvalue weighted by Gasteiger charge is -2.46. The van der Waals surface area contributed by atoms with Gasteiger partial charge in [-0.2, -0.15) is 9.67 Å². The Bertz CT molecular complexity index is 2280. The van der Waals surface area contributed by atoms with Crippen LogP contribution in [0.15, 0.2) is 89.7 Å². The molecular formula is C38H39N7O+2. The highest BCUT2D eigenvalue weighted by atomic mass is 16.3. The predicted octanol–water partition coefficient (Wildman–Crippen LogP) is 7.37. The number of aryl methyl sites for hydroxylation is 3. The fourth-order valence-corrected chi connectivity index (χ4v) is 8.15. The maximum Gasteiger partial charge on any atom is 0.349 e. The number of fused-ring (bicyclic) bond motifs is 7. The lowest BCUT2D eigenvalue weighted by Crippen LogP contribution is -2.71. The fraction of sp³-hybridized carbons (Fsp3) is 0.316. The molecule has 8 rings (SSSR count). The molecule has 1 aliphatic rings. The summed E-state index contributed by atoms with van der Waals surface area (Å²) in [7, 11) is 0. The van der Waals surface area contributed by atoms with E-state index in [0.29, 0.717) is 0 Å². The highest BCUT2D eigenvalue weighted by Crippen LogP contribution is 2.46. The molecule has 230 valence electrons. The van der Waals surface area contributed by atoms with Crippen molar-refractivity contribution in [2.75, 3.05) is 0 Å². The summed E-state index contributed by atoms with van der Waals surface area (Å²) in [6.07, 6.45) is 9.62. The van der Waals surface area contributed by atoms with E-state index < -0.39 is 0 Å². The third kappa shape index (κ3) is 3.98. The van der Waals surface area contributed by atoms with Gasteiger partial charge in [-0.3, -0.25) is 0 Å². The van der Waals surface area contributed by atoms with Crippen molar-refractivity contribution >= 4 is 33.1 Å². The summed E-state index contributed by atoms with van der Waals surface area (Å²) in [4.78, 5) is 14.4. The minimum atomic E-state index is -0.257. The molecule has 1 aliphatic heterocycles. The van der Waals surface area contributed by atoms with Crippen LogP contribution in [-0.2, 0) is 17.6 Å². The first kappa shape index (κ1) is 28.5. The first-order valence-corrected chi connectivity index (χ1v) is 16.4. The Kier molecular flexibility index (Phi) is 6.53. The Morgan fingerprint density at radius 3 is 2.52 bits per heavy atom. The largest absolute Gasteiger partial charge is 0.456 e. The molecule has 0 amide bonds. The second-order valence-electron chi connectivity index (χ2n) is 12.9. The summed E-state index contributed by atoms with van der Waals surface area (Å²) in [6.45, 7) is 11.9.